The third kappa shape index (κ3) is 1.09. The third-order valence-corrected chi connectivity index (χ3v) is 1.04. The Morgan fingerprint density at radius 3 is 2.25 bits per heavy atom. The fraction of sp³-hybridized carbons (Fsp3) is 0.500. The summed E-state index contributed by atoms with van der Waals surface area (Å²) in [6.07, 6.45) is 2.89. The lowest BCUT2D eigenvalue weighted by Gasteiger charge is -2.00. The highest BCUT2D eigenvalue weighted by Gasteiger charge is 2.20. The summed E-state index contributed by atoms with van der Waals surface area (Å²) in [4.78, 5) is 1.97. The number of nitrogens with zero attached hydrogens (tertiary/aromatic N) is 1. The molecule has 0 spiro atoms. The molecule has 1 saturated carbocycles. The van der Waals surface area contributed by atoms with E-state index in [2.05, 4.69) is 0 Å². The zero-order valence-corrected chi connectivity index (χ0v) is 5.23. The quantitative estimate of drug-likeness (QED) is 0.532. The maximum absolute atomic E-state index is 7.07. The summed E-state index contributed by atoms with van der Waals surface area (Å²) in [5.41, 5.74) is 1.97. The van der Waals surface area contributed by atoms with E-state index >= 15 is 0 Å². The van der Waals surface area contributed by atoms with Crippen molar-refractivity contribution >= 4 is 5.71 Å². The van der Waals surface area contributed by atoms with Crippen LogP contribution in [0.25, 0.3) is 0 Å². The van der Waals surface area contributed by atoms with Crippen molar-refractivity contribution in [2.45, 2.75) is 6.42 Å². The summed E-state index contributed by atoms with van der Waals surface area (Å²) in [7, 11) is 3.94. The second-order valence-corrected chi connectivity index (χ2v) is 2.27. The highest BCUT2D eigenvalue weighted by atomic mass is 15.0. The minimum atomic E-state index is 0.790. The van der Waals surface area contributed by atoms with Gasteiger partial charge in [-0.15, -0.1) is 0 Å². The number of allylic oxidation sites excluding steroid dienone is 1. The number of rotatable bonds is 1. The highest BCUT2D eigenvalue weighted by Crippen LogP contribution is 2.22. The Morgan fingerprint density at radius 2 is 2.12 bits per heavy atom. The zero-order chi connectivity index (χ0) is 6.15. The molecular weight excluding hydrogens is 100 g/mol. The fourth-order valence-corrected chi connectivity index (χ4v) is 0.581. The molecule has 1 aliphatic rings. The van der Waals surface area contributed by atoms with Gasteiger partial charge in [-0.1, -0.05) is 0 Å². The molecule has 0 aromatic carbocycles. The molecule has 8 heavy (non-hydrogen) atoms. The van der Waals surface area contributed by atoms with Crippen LogP contribution in [0.4, 0.5) is 0 Å². The molecule has 0 aliphatic heterocycles. The molecule has 1 aliphatic carbocycles. The molecule has 0 heterocycles. The first-order valence-electron chi connectivity index (χ1n) is 2.65. The molecular formula is C6H10N2. The summed E-state index contributed by atoms with van der Waals surface area (Å²) < 4.78 is 0. The van der Waals surface area contributed by atoms with Crippen LogP contribution in [0.3, 0.4) is 0 Å². The van der Waals surface area contributed by atoms with Crippen molar-refractivity contribution in [3.63, 3.8) is 0 Å². The third-order valence-electron chi connectivity index (χ3n) is 1.04. The number of hydrogen-bond donors (Lipinski definition) is 1. The van der Waals surface area contributed by atoms with E-state index < -0.39 is 0 Å². The topological polar surface area (TPSA) is 27.1 Å². The summed E-state index contributed by atoms with van der Waals surface area (Å²) in [6, 6.07) is 0. The van der Waals surface area contributed by atoms with Gasteiger partial charge in [0, 0.05) is 32.4 Å². The van der Waals surface area contributed by atoms with E-state index in [1.807, 2.05) is 25.2 Å². The van der Waals surface area contributed by atoms with Crippen LogP contribution in [0.1, 0.15) is 6.42 Å². The maximum atomic E-state index is 7.07. The van der Waals surface area contributed by atoms with Crippen LogP contribution in [0, 0.1) is 5.41 Å². The second-order valence-electron chi connectivity index (χ2n) is 2.27. The lowest BCUT2D eigenvalue weighted by Crippen LogP contribution is -1.99. The average molecular weight is 110 g/mol. The van der Waals surface area contributed by atoms with Gasteiger partial charge in [0.25, 0.3) is 0 Å². The normalized spacial score (nSPS) is 21.8. The zero-order valence-electron chi connectivity index (χ0n) is 5.23. The van der Waals surface area contributed by atoms with Crippen LogP contribution in [-0.2, 0) is 0 Å². The van der Waals surface area contributed by atoms with Gasteiger partial charge in [0.1, 0.15) is 0 Å². The van der Waals surface area contributed by atoms with E-state index in [0.717, 1.165) is 12.1 Å². The Hall–Kier alpha value is -0.790. The number of hydrogen-bond acceptors (Lipinski definition) is 2. The molecule has 1 fully saturated rings. The molecule has 0 saturated heterocycles. The Balaban J connectivity index is 2.47. The summed E-state index contributed by atoms with van der Waals surface area (Å²) >= 11 is 0. The molecule has 2 heteroatoms. The predicted molar refractivity (Wildman–Crippen MR) is 34.1 cm³/mol. The van der Waals surface area contributed by atoms with E-state index in [4.69, 9.17) is 5.41 Å². The van der Waals surface area contributed by atoms with Crippen molar-refractivity contribution in [2.75, 3.05) is 14.1 Å². The first-order valence-corrected chi connectivity index (χ1v) is 2.65. The van der Waals surface area contributed by atoms with Gasteiger partial charge in [-0.2, -0.15) is 0 Å². The molecule has 2 nitrogen and oxygen atoms in total. The monoisotopic (exact) mass is 110 g/mol. The molecule has 0 radical (unpaired) electrons. The highest BCUT2D eigenvalue weighted by molar-refractivity contribution is 6.15. The molecule has 0 unspecified atom stereocenters. The van der Waals surface area contributed by atoms with Gasteiger partial charge in [-0.05, 0) is 5.57 Å². The van der Waals surface area contributed by atoms with Crippen molar-refractivity contribution in [2.24, 2.45) is 0 Å². The van der Waals surface area contributed by atoms with Crippen LogP contribution in [0.15, 0.2) is 11.8 Å². The Bertz CT molecular complexity index is 145. The van der Waals surface area contributed by atoms with Crippen LogP contribution in [0.5, 0.6) is 0 Å². The first-order chi connectivity index (χ1) is 3.70. The second kappa shape index (κ2) is 1.62. The molecule has 0 aromatic heterocycles. The lowest BCUT2D eigenvalue weighted by atomic mass is 10.6. The number of nitrogens with one attached hydrogen (secondary N) is 1. The molecule has 1 rings (SSSR count). The molecule has 1 N–H and O–H groups in total. The van der Waals surface area contributed by atoms with Gasteiger partial charge < -0.3 is 10.3 Å². The van der Waals surface area contributed by atoms with Crippen molar-refractivity contribution in [3.8, 4) is 0 Å². The van der Waals surface area contributed by atoms with Crippen molar-refractivity contribution in [1.82, 2.24) is 4.90 Å². The first kappa shape index (κ1) is 5.35. The largest absolute Gasteiger partial charge is 0.383 e. The fourth-order valence-electron chi connectivity index (χ4n) is 0.581. The van der Waals surface area contributed by atoms with Gasteiger partial charge in [0.15, 0.2) is 0 Å². The summed E-state index contributed by atoms with van der Waals surface area (Å²) in [5.74, 6) is 0. The van der Waals surface area contributed by atoms with Crippen LogP contribution in [-0.4, -0.2) is 24.7 Å². The van der Waals surface area contributed by atoms with Crippen molar-refractivity contribution in [3.05, 3.63) is 11.8 Å². The Morgan fingerprint density at radius 1 is 1.62 bits per heavy atom. The van der Waals surface area contributed by atoms with E-state index in [9.17, 15) is 0 Å². The standard InChI is InChI=1S/C6H10N2/c1-8(2)4-5-3-6(5)7/h4,7H,3H2,1-2H3/b5-4+,7-6?. The summed E-state index contributed by atoms with van der Waals surface area (Å²) in [5, 5.41) is 7.07. The van der Waals surface area contributed by atoms with Gasteiger partial charge in [-0.25, -0.2) is 0 Å². The minimum Gasteiger partial charge on any atom is -0.383 e. The lowest BCUT2D eigenvalue weighted by molar-refractivity contribution is 0.562. The van der Waals surface area contributed by atoms with E-state index in [1.165, 1.54) is 5.57 Å². The predicted octanol–water partition coefficient (Wildman–Crippen LogP) is 0.855. The van der Waals surface area contributed by atoms with Crippen LogP contribution >= 0.6 is 0 Å². The van der Waals surface area contributed by atoms with E-state index in [-0.39, 0.29) is 0 Å². The van der Waals surface area contributed by atoms with Gasteiger partial charge in [0.05, 0.1) is 0 Å². The van der Waals surface area contributed by atoms with Gasteiger partial charge >= 0.3 is 0 Å². The van der Waals surface area contributed by atoms with Gasteiger partial charge in [0.2, 0.25) is 0 Å². The van der Waals surface area contributed by atoms with Crippen molar-refractivity contribution < 1.29 is 0 Å². The van der Waals surface area contributed by atoms with Gasteiger partial charge in [-0.3, -0.25) is 0 Å². The molecule has 44 valence electrons. The molecule has 0 atom stereocenters. The molecule has 0 bridgehead atoms. The molecule has 0 amide bonds. The van der Waals surface area contributed by atoms with Crippen LogP contribution < -0.4 is 0 Å². The van der Waals surface area contributed by atoms with E-state index in [1.54, 1.807) is 0 Å². The summed E-state index contributed by atoms with van der Waals surface area (Å²) in [6.45, 7) is 0. The molecule has 0 aromatic rings. The SMILES string of the molecule is CN(C)/C=C1\CC1=N. The maximum Gasteiger partial charge on any atom is 0.0409 e. The van der Waals surface area contributed by atoms with Crippen molar-refractivity contribution in [1.29, 1.82) is 5.41 Å². The smallest absolute Gasteiger partial charge is 0.0409 e. The minimum absolute atomic E-state index is 0.790. The van der Waals surface area contributed by atoms with E-state index in [0.29, 0.717) is 0 Å². The average Bonchev–Trinajstić information content (AvgIpc) is 2.17. The Kier molecular flexibility index (Phi) is 1.08. The Labute approximate surface area is 49.3 Å². The van der Waals surface area contributed by atoms with Crippen LogP contribution in [0.2, 0.25) is 0 Å².